The third-order valence-corrected chi connectivity index (χ3v) is 5.49. The summed E-state index contributed by atoms with van der Waals surface area (Å²) in [5, 5.41) is 8.90. The van der Waals surface area contributed by atoms with E-state index in [0.29, 0.717) is 0 Å². The summed E-state index contributed by atoms with van der Waals surface area (Å²) in [4.78, 5) is 0. The van der Waals surface area contributed by atoms with Crippen LogP contribution in [0.1, 0.15) is 68.9 Å². The number of unbranched alkanes of at least 4 members (excludes halogenated alkanes) is 2. The minimum Gasteiger partial charge on any atom is -0.192 e. The highest BCUT2D eigenvalue weighted by atomic mass is 14.3. The Balaban J connectivity index is 1.61. The fourth-order valence-electron chi connectivity index (χ4n) is 4.01. The molecule has 1 heteroatoms. The Labute approximate surface area is 146 Å². The molecule has 0 heterocycles. The molecular weight excluding hydrogens is 290 g/mol. The van der Waals surface area contributed by atoms with Crippen LogP contribution >= 0.6 is 0 Å². The largest absolute Gasteiger partial charge is 0.192 e. The van der Waals surface area contributed by atoms with Gasteiger partial charge in [-0.3, -0.25) is 0 Å². The van der Waals surface area contributed by atoms with Crippen LogP contribution in [0.25, 0.3) is 11.1 Å². The molecule has 124 valence electrons. The Morgan fingerprint density at radius 3 is 2.21 bits per heavy atom. The molecule has 2 atom stereocenters. The van der Waals surface area contributed by atoms with Gasteiger partial charge in [0, 0.05) is 0 Å². The van der Waals surface area contributed by atoms with E-state index >= 15 is 0 Å². The lowest BCUT2D eigenvalue weighted by molar-refractivity contribution is 0.466. The smallest absolute Gasteiger partial charge is 0.0991 e. The number of nitriles is 1. The molecule has 0 aliphatic heterocycles. The van der Waals surface area contributed by atoms with Crippen LogP contribution in [0, 0.1) is 17.2 Å². The number of benzene rings is 2. The van der Waals surface area contributed by atoms with Crippen molar-refractivity contribution in [1.29, 1.82) is 5.26 Å². The molecule has 2 aromatic rings. The topological polar surface area (TPSA) is 23.8 Å². The highest BCUT2D eigenvalue weighted by molar-refractivity contribution is 5.64. The Morgan fingerprint density at radius 2 is 1.58 bits per heavy atom. The van der Waals surface area contributed by atoms with Crippen molar-refractivity contribution in [2.45, 2.75) is 57.8 Å². The minimum absolute atomic E-state index is 0.718. The molecule has 0 amide bonds. The summed E-state index contributed by atoms with van der Waals surface area (Å²) in [6.07, 6.45) is 9.69. The molecule has 2 aromatic carbocycles. The van der Waals surface area contributed by atoms with E-state index in [-0.39, 0.29) is 0 Å². The molecule has 1 aliphatic carbocycles. The summed E-state index contributed by atoms with van der Waals surface area (Å²) in [6.45, 7) is 2.28. The Morgan fingerprint density at radius 1 is 0.917 bits per heavy atom. The zero-order valence-corrected chi connectivity index (χ0v) is 14.7. The van der Waals surface area contributed by atoms with Crippen LogP contribution in [-0.4, -0.2) is 0 Å². The SMILES string of the molecule is CCCCC[C@H]1CC[C@H](c2ccc(-c3ccc(C#N)cc3)cc2)C1. The first-order chi connectivity index (χ1) is 11.8. The van der Waals surface area contributed by atoms with Gasteiger partial charge in [-0.05, 0) is 59.9 Å². The van der Waals surface area contributed by atoms with Crippen LogP contribution in [0.4, 0.5) is 0 Å². The van der Waals surface area contributed by atoms with E-state index in [1.54, 1.807) is 0 Å². The van der Waals surface area contributed by atoms with Crippen molar-refractivity contribution < 1.29 is 0 Å². The third kappa shape index (κ3) is 4.06. The van der Waals surface area contributed by atoms with Gasteiger partial charge in [0.05, 0.1) is 11.6 Å². The molecule has 24 heavy (non-hydrogen) atoms. The van der Waals surface area contributed by atoms with Gasteiger partial charge in [-0.1, -0.05) is 69.0 Å². The maximum atomic E-state index is 8.90. The van der Waals surface area contributed by atoms with E-state index in [1.165, 1.54) is 61.6 Å². The van der Waals surface area contributed by atoms with Crippen LogP contribution in [0.2, 0.25) is 0 Å². The molecule has 0 unspecified atom stereocenters. The zero-order chi connectivity index (χ0) is 16.8. The molecule has 0 spiro atoms. The lowest BCUT2D eigenvalue weighted by Gasteiger charge is -2.12. The normalized spacial score (nSPS) is 20.0. The van der Waals surface area contributed by atoms with Gasteiger partial charge >= 0.3 is 0 Å². The second-order valence-electron chi connectivity index (χ2n) is 7.18. The minimum atomic E-state index is 0.718. The number of hydrogen-bond donors (Lipinski definition) is 0. The number of nitrogens with zero attached hydrogens (tertiary/aromatic N) is 1. The predicted molar refractivity (Wildman–Crippen MR) is 101 cm³/mol. The first kappa shape index (κ1) is 16.8. The van der Waals surface area contributed by atoms with Gasteiger partial charge in [-0.15, -0.1) is 0 Å². The van der Waals surface area contributed by atoms with E-state index in [9.17, 15) is 0 Å². The Hall–Kier alpha value is -2.07. The van der Waals surface area contributed by atoms with Gasteiger partial charge < -0.3 is 0 Å². The fourth-order valence-corrected chi connectivity index (χ4v) is 4.01. The third-order valence-electron chi connectivity index (χ3n) is 5.49. The van der Waals surface area contributed by atoms with Crippen molar-refractivity contribution >= 4 is 0 Å². The second-order valence-corrected chi connectivity index (χ2v) is 7.18. The number of rotatable bonds is 6. The molecule has 1 aliphatic rings. The predicted octanol–water partition coefficient (Wildman–Crippen LogP) is 6.69. The van der Waals surface area contributed by atoms with Crippen molar-refractivity contribution in [1.82, 2.24) is 0 Å². The molecule has 0 saturated heterocycles. The van der Waals surface area contributed by atoms with E-state index in [0.717, 1.165) is 17.4 Å². The van der Waals surface area contributed by atoms with Crippen molar-refractivity contribution in [3.05, 3.63) is 59.7 Å². The van der Waals surface area contributed by atoms with Crippen molar-refractivity contribution in [2.24, 2.45) is 5.92 Å². The Bertz CT molecular complexity index is 675. The van der Waals surface area contributed by atoms with Crippen molar-refractivity contribution in [3.8, 4) is 17.2 Å². The van der Waals surface area contributed by atoms with Crippen molar-refractivity contribution in [3.63, 3.8) is 0 Å². The highest BCUT2D eigenvalue weighted by Gasteiger charge is 2.25. The molecule has 0 N–H and O–H groups in total. The summed E-state index contributed by atoms with van der Waals surface area (Å²) in [7, 11) is 0. The van der Waals surface area contributed by atoms with Gasteiger partial charge in [0.25, 0.3) is 0 Å². The maximum absolute atomic E-state index is 8.90. The lowest BCUT2D eigenvalue weighted by Crippen LogP contribution is -1.96. The van der Waals surface area contributed by atoms with Crippen LogP contribution in [0.5, 0.6) is 0 Å². The van der Waals surface area contributed by atoms with E-state index in [1.807, 2.05) is 24.3 Å². The summed E-state index contributed by atoms with van der Waals surface area (Å²) in [6, 6.07) is 19.1. The molecule has 1 saturated carbocycles. The van der Waals surface area contributed by atoms with E-state index in [2.05, 4.69) is 37.3 Å². The first-order valence-electron chi connectivity index (χ1n) is 9.40. The fraction of sp³-hybridized carbons (Fsp3) is 0.435. The molecule has 0 bridgehead atoms. The van der Waals surface area contributed by atoms with Gasteiger partial charge in [0.15, 0.2) is 0 Å². The van der Waals surface area contributed by atoms with Gasteiger partial charge in [-0.25, -0.2) is 0 Å². The molecular formula is C23H27N. The number of hydrogen-bond acceptors (Lipinski definition) is 1. The highest BCUT2D eigenvalue weighted by Crippen LogP contribution is 2.40. The summed E-state index contributed by atoms with van der Waals surface area (Å²) >= 11 is 0. The second kappa shape index (κ2) is 8.15. The average Bonchev–Trinajstić information content (AvgIpc) is 3.11. The summed E-state index contributed by atoms with van der Waals surface area (Å²) < 4.78 is 0. The van der Waals surface area contributed by atoms with Gasteiger partial charge in [-0.2, -0.15) is 5.26 Å². The molecule has 1 nitrogen and oxygen atoms in total. The standard InChI is InChI=1S/C23H27N/c1-2-3-4-5-18-6-11-23(16-18)22-14-12-21(13-15-22)20-9-7-19(17-24)8-10-20/h7-10,12-15,18,23H,2-6,11,16H2,1H3/t18-,23-/m0/s1. The average molecular weight is 317 g/mol. The quantitative estimate of drug-likeness (QED) is 0.544. The Kier molecular flexibility index (Phi) is 5.70. The monoisotopic (exact) mass is 317 g/mol. The van der Waals surface area contributed by atoms with Crippen molar-refractivity contribution in [2.75, 3.05) is 0 Å². The van der Waals surface area contributed by atoms with E-state index < -0.39 is 0 Å². The summed E-state index contributed by atoms with van der Waals surface area (Å²) in [5.74, 6) is 1.70. The summed E-state index contributed by atoms with van der Waals surface area (Å²) in [5.41, 5.74) is 4.64. The van der Waals surface area contributed by atoms with Crippen LogP contribution in [0.3, 0.4) is 0 Å². The van der Waals surface area contributed by atoms with Crippen LogP contribution in [-0.2, 0) is 0 Å². The van der Waals surface area contributed by atoms with Crippen LogP contribution in [0.15, 0.2) is 48.5 Å². The molecule has 1 fully saturated rings. The zero-order valence-electron chi connectivity index (χ0n) is 14.7. The van der Waals surface area contributed by atoms with Crippen LogP contribution < -0.4 is 0 Å². The molecule has 3 rings (SSSR count). The molecule has 0 radical (unpaired) electrons. The van der Waals surface area contributed by atoms with E-state index in [4.69, 9.17) is 5.26 Å². The molecule has 0 aromatic heterocycles. The lowest BCUT2D eigenvalue weighted by atomic mass is 9.93. The van der Waals surface area contributed by atoms with Gasteiger partial charge in [0.1, 0.15) is 0 Å². The maximum Gasteiger partial charge on any atom is 0.0991 e. The first-order valence-corrected chi connectivity index (χ1v) is 9.40. The van der Waals surface area contributed by atoms with Gasteiger partial charge in [0.2, 0.25) is 0 Å².